The molecular weight excluding hydrogens is 344 g/mol. The molecule has 2 amide bonds. The summed E-state index contributed by atoms with van der Waals surface area (Å²) < 4.78 is 5.24. The number of nitrogens with zero attached hydrogens (tertiary/aromatic N) is 3. The number of hydrogen-bond acceptors (Lipinski definition) is 5. The maximum absolute atomic E-state index is 12.7. The van der Waals surface area contributed by atoms with Crippen LogP contribution in [0.1, 0.15) is 15.9 Å². The zero-order valence-corrected chi connectivity index (χ0v) is 15.4. The minimum atomic E-state index is -0.0289. The first-order valence-corrected chi connectivity index (χ1v) is 9.01. The number of carbonyl (C=O) groups excluding carboxylic acids is 2. The van der Waals surface area contributed by atoms with Crippen molar-refractivity contribution in [2.24, 2.45) is 0 Å². The number of piperazine rings is 1. The van der Waals surface area contributed by atoms with E-state index in [1.54, 1.807) is 35.2 Å². The van der Waals surface area contributed by atoms with Crippen LogP contribution in [0.5, 0.6) is 5.75 Å². The van der Waals surface area contributed by atoms with Crippen molar-refractivity contribution >= 4 is 18.1 Å². The molecule has 0 unspecified atom stereocenters. The monoisotopic (exact) mass is 368 g/mol. The summed E-state index contributed by atoms with van der Waals surface area (Å²) in [7, 11) is 1.66. The molecule has 0 spiro atoms. The molecule has 1 aromatic carbocycles. The van der Waals surface area contributed by atoms with E-state index >= 15 is 0 Å². The highest BCUT2D eigenvalue weighted by atomic mass is 16.5. The number of pyridine rings is 1. The number of aromatic nitrogens is 1. The van der Waals surface area contributed by atoms with Gasteiger partial charge in [-0.1, -0.05) is 12.1 Å². The van der Waals surface area contributed by atoms with Gasteiger partial charge in [0.2, 0.25) is 6.41 Å². The lowest BCUT2D eigenvalue weighted by Gasteiger charge is -2.32. The third-order valence-electron chi connectivity index (χ3n) is 4.61. The van der Waals surface area contributed by atoms with Crippen molar-refractivity contribution in [1.82, 2.24) is 14.8 Å². The Bertz CT molecular complexity index is 788. The summed E-state index contributed by atoms with van der Waals surface area (Å²) in [5, 5.41) is 3.27. The van der Waals surface area contributed by atoms with Gasteiger partial charge in [0, 0.05) is 44.5 Å². The molecule has 7 heteroatoms. The van der Waals surface area contributed by atoms with E-state index in [1.807, 2.05) is 18.2 Å². The molecular formula is C20H24N4O3. The van der Waals surface area contributed by atoms with Crippen LogP contribution >= 0.6 is 0 Å². The SMILES string of the molecule is COc1cccc(CCNc2cc(C(=O)N3CCN(C=O)CC3)ccn2)c1. The summed E-state index contributed by atoms with van der Waals surface area (Å²) in [5.41, 5.74) is 1.77. The van der Waals surface area contributed by atoms with E-state index in [1.165, 1.54) is 5.56 Å². The number of carbonyl (C=O) groups is 2. The molecule has 2 aromatic rings. The lowest BCUT2D eigenvalue weighted by atomic mass is 10.1. The predicted molar refractivity (Wildman–Crippen MR) is 103 cm³/mol. The second kappa shape index (κ2) is 9.02. The number of rotatable bonds is 7. The van der Waals surface area contributed by atoms with Crippen LogP contribution in [-0.2, 0) is 11.2 Å². The van der Waals surface area contributed by atoms with Crippen molar-refractivity contribution in [3.8, 4) is 5.75 Å². The first-order valence-electron chi connectivity index (χ1n) is 9.01. The van der Waals surface area contributed by atoms with Gasteiger partial charge in [0.05, 0.1) is 7.11 Å². The van der Waals surface area contributed by atoms with Crippen LogP contribution in [0.25, 0.3) is 0 Å². The second-order valence-corrected chi connectivity index (χ2v) is 6.39. The van der Waals surface area contributed by atoms with Crippen LogP contribution in [-0.4, -0.2) is 66.9 Å². The first kappa shape index (κ1) is 18.7. The van der Waals surface area contributed by atoms with Crippen molar-refractivity contribution in [1.29, 1.82) is 0 Å². The number of ether oxygens (including phenoxy) is 1. The van der Waals surface area contributed by atoms with Gasteiger partial charge in [0.25, 0.3) is 5.91 Å². The zero-order chi connectivity index (χ0) is 19.1. The van der Waals surface area contributed by atoms with E-state index in [0.29, 0.717) is 44.1 Å². The van der Waals surface area contributed by atoms with Crippen LogP contribution in [0.2, 0.25) is 0 Å². The van der Waals surface area contributed by atoms with Crippen molar-refractivity contribution in [2.45, 2.75) is 6.42 Å². The van der Waals surface area contributed by atoms with Gasteiger partial charge < -0.3 is 19.9 Å². The highest BCUT2D eigenvalue weighted by Crippen LogP contribution is 2.14. The number of nitrogens with one attached hydrogen (secondary N) is 1. The summed E-state index contributed by atoms with van der Waals surface area (Å²) in [6, 6.07) is 11.4. The quantitative estimate of drug-likeness (QED) is 0.753. The van der Waals surface area contributed by atoms with Crippen LogP contribution < -0.4 is 10.1 Å². The van der Waals surface area contributed by atoms with Crippen LogP contribution in [0.15, 0.2) is 42.6 Å². The molecule has 3 rings (SSSR count). The Morgan fingerprint density at radius 1 is 1.22 bits per heavy atom. The highest BCUT2D eigenvalue weighted by molar-refractivity contribution is 5.95. The van der Waals surface area contributed by atoms with Crippen LogP contribution in [0.3, 0.4) is 0 Å². The molecule has 0 atom stereocenters. The van der Waals surface area contributed by atoms with Gasteiger partial charge in [-0.3, -0.25) is 9.59 Å². The maximum Gasteiger partial charge on any atom is 0.254 e. The standard InChI is InChI=1S/C20H24N4O3/c1-27-18-4-2-3-16(13-18)5-7-21-19-14-17(6-8-22-19)20(26)24-11-9-23(15-25)10-12-24/h2-4,6,8,13-15H,5,7,9-12H2,1H3,(H,21,22). The molecule has 1 aliphatic rings. The van der Waals surface area contributed by atoms with Gasteiger partial charge in [-0.15, -0.1) is 0 Å². The number of hydrogen-bond donors (Lipinski definition) is 1. The number of anilines is 1. The molecule has 1 aromatic heterocycles. The molecule has 0 bridgehead atoms. The van der Waals surface area contributed by atoms with Gasteiger partial charge in [-0.25, -0.2) is 4.98 Å². The maximum atomic E-state index is 12.7. The van der Waals surface area contributed by atoms with Gasteiger partial charge in [-0.05, 0) is 36.2 Å². The first-order chi connectivity index (χ1) is 13.2. The van der Waals surface area contributed by atoms with Crippen molar-refractivity contribution < 1.29 is 14.3 Å². The summed E-state index contributed by atoms with van der Waals surface area (Å²) in [6.45, 7) is 2.96. The predicted octanol–water partition coefficient (Wildman–Crippen LogP) is 1.66. The molecule has 0 saturated carbocycles. The van der Waals surface area contributed by atoms with E-state index < -0.39 is 0 Å². The zero-order valence-electron chi connectivity index (χ0n) is 15.4. The Hall–Kier alpha value is -3.09. The number of benzene rings is 1. The Kier molecular flexibility index (Phi) is 6.25. The lowest BCUT2D eigenvalue weighted by molar-refractivity contribution is -0.119. The summed E-state index contributed by atoms with van der Waals surface area (Å²) in [4.78, 5) is 31.2. The van der Waals surface area contributed by atoms with E-state index in [-0.39, 0.29) is 5.91 Å². The smallest absolute Gasteiger partial charge is 0.254 e. The van der Waals surface area contributed by atoms with Gasteiger partial charge in [0.1, 0.15) is 11.6 Å². The fourth-order valence-electron chi connectivity index (χ4n) is 3.04. The summed E-state index contributed by atoms with van der Waals surface area (Å²) in [5.74, 6) is 1.49. The number of methoxy groups -OCH3 is 1. The average Bonchev–Trinajstić information content (AvgIpc) is 2.73. The molecule has 1 N–H and O–H groups in total. The highest BCUT2D eigenvalue weighted by Gasteiger charge is 2.21. The molecule has 1 fully saturated rings. The Morgan fingerprint density at radius 2 is 2.04 bits per heavy atom. The molecule has 7 nitrogen and oxygen atoms in total. The van der Waals surface area contributed by atoms with Crippen LogP contribution in [0, 0.1) is 0 Å². The lowest BCUT2D eigenvalue weighted by Crippen LogP contribution is -2.48. The van der Waals surface area contributed by atoms with E-state index in [0.717, 1.165) is 18.6 Å². The fraction of sp³-hybridized carbons (Fsp3) is 0.350. The third-order valence-corrected chi connectivity index (χ3v) is 4.61. The fourth-order valence-corrected chi connectivity index (χ4v) is 3.04. The Labute approximate surface area is 158 Å². The summed E-state index contributed by atoms with van der Waals surface area (Å²) >= 11 is 0. The largest absolute Gasteiger partial charge is 0.497 e. The molecule has 27 heavy (non-hydrogen) atoms. The van der Waals surface area contributed by atoms with E-state index in [2.05, 4.69) is 16.4 Å². The molecule has 0 radical (unpaired) electrons. The molecule has 142 valence electrons. The van der Waals surface area contributed by atoms with Gasteiger partial charge >= 0.3 is 0 Å². The van der Waals surface area contributed by atoms with Crippen molar-refractivity contribution in [2.75, 3.05) is 45.2 Å². The minimum Gasteiger partial charge on any atom is -0.497 e. The van der Waals surface area contributed by atoms with Gasteiger partial charge in [-0.2, -0.15) is 0 Å². The molecule has 1 aliphatic heterocycles. The second-order valence-electron chi connectivity index (χ2n) is 6.39. The summed E-state index contributed by atoms with van der Waals surface area (Å²) in [6.07, 6.45) is 3.30. The molecule has 2 heterocycles. The van der Waals surface area contributed by atoms with E-state index in [9.17, 15) is 9.59 Å². The van der Waals surface area contributed by atoms with Crippen LogP contribution in [0.4, 0.5) is 5.82 Å². The molecule has 0 aliphatic carbocycles. The van der Waals surface area contributed by atoms with Crippen molar-refractivity contribution in [3.05, 3.63) is 53.7 Å². The Balaban J connectivity index is 1.55. The normalized spacial score (nSPS) is 14.0. The topological polar surface area (TPSA) is 74.8 Å². The van der Waals surface area contributed by atoms with Crippen molar-refractivity contribution in [3.63, 3.8) is 0 Å². The molecule has 1 saturated heterocycles. The average molecular weight is 368 g/mol. The van der Waals surface area contributed by atoms with E-state index in [4.69, 9.17) is 4.74 Å². The number of amides is 2. The Morgan fingerprint density at radius 3 is 2.78 bits per heavy atom. The minimum absolute atomic E-state index is 0.0289. The third kappa shape index (κ3) is 4.97. The van der Waals surface area contributed by atoms with Gasteiger partial charge in [0.15, 0.2) is 0 Å².